The number of fused-ring (bicyclic) bond motifs is 1. The van der Waals surface area contributed by atoms with Crippen LogP contribution in [0.3, 0.4) is 0 Å². The maximum atomic E-state index is 15.3. The van der Waals surface area contributed by atoms with Crippen LogP contribution in [0.25, 0.3) is 6.08 Å². The van der Waals surface area contributed by atoms with E-state index >= 15 is 4.39 Å². The first-order valence-corrected chi connectivity index (χ1v) is 15.9. The van der Waals surface area contributed by atoms with Gasteiger partial charge in [0.25, 0.3) is 0 Å². The zero-order valence-corrected chi connectivity index (χ0v) is 28.2. The van der Waals surface area contributed by atoms with Crippen LogP contribution in [0.5, 0.6) is 5.06 Å². The monoisotopic (exact) mass is 617 g/mol. The number of thiophene rings is 1. The minimum absolute atomic E-state index is 0.00352. The highest BCUT2D eigenvalue weighted by Crippen LogP contribution is 2.46. The quantitative estimate of drug-likeness (QED) is 0.330. The molecule has 0 aromatic carbocycles. The van der Waals surface area contributed by atoms with Gasteiger partial charge in [0.15, 0.2) is 5.06 Å². The van der Waals surface area contributed by atoms with Crippen molar-refractivity contribution < 1.29 is 28.2 Å². The van der Waals surface area contributed by atoms with Gasteiger partial charge in [-0.3, -0.25) is 9.47 Å². The van der Waals surface area contributed by atoms with Crippen LogP contribution in [0, 0.1) is 6.92 Å². The van der Waals surface area contributed by atoms with E-state index in [1.54, 1.807) is 29.4 Å². The van der Waals surface area contributed by atoms with Crippen LogP contribution >= 0.6 is 11.3 Å². The molecule has 1 fully saturated rings. The van der Waals surface area contributed by atoms with Crippen molar-refractivity contribution in [2.75, 3.05) is 19.6 Å². The summed E-state index contributed by atoms with van der Waals surface area (Å²) in [5.74, 6) is 0. The molecule has 1 amide bonds. The van der Waals surface area contributed by atoms with Gasteiger partial charge in [0.1, 0.15) is 23.0 Å². The van der Waals surface area contributed by atoms with Gasteiger partial charge in [-0.15, -0.1) is 11.3 Å². The number of aromatic nitrogens is 1. The number of hydrogen-bond acceptors (Lipinski definition) is 7. The molecule has 4 heterocycles. The van der Waals surface area contributed by atoms with Crippen molar-refractivity contribution in [3.05, 3.63) is 46.1 Å². The van der Waals surface area contributed by atoms with E-state index in [0.29, 0.717) is 31.0 Å². The molecule has 0 spiro atoms. The van der Waals surface area contributed by atoms with Crippen molar-refractivity contribution in [2.45, 2.75) is 117 Å². The van der Waals surface area contributed by atoms with Gasteiger partial charge >= 0.3 is 12.2 Å². The second kappa shape index (κ2) is 11.9. The molecule has 1 saturated heterocycles. The Morgan fingerprint density at radius 1 is 1.07 bits per heavy atom. The van der Waals surface area contributed by atoms with Crippen LogP contribution in [0.2, 0.25) is 0 Å². The normalized spacial score (nSPS) is 21.5. The summed E-state index contributed by atoms with van der Waals surface area (Å²) in [5, 5.41) is 0.710. The molecule has 0 saturated carbocycles. The molecular formula is C33H48FN3O5S. The Morgan fingerprint density at radius 2 is 1.70 bits per heavy atom. The Labute approximate surface area is 259 Å². The predicted octanol–water partition coefficient (Wildman–Crippen LogP) is 7.76. The van der Waals surface area contributed by atoms with Gasteiger partial charge in [-0.25, -0.2) is 14.0 Å². The van der Waals surface area contributed by atoms with Crippen LogP contribution in [-0.2, 0) is 15.9 Å². The smallest absolute Gasteiger partial charge is 0.419 e. The number of alkyl halides is 1. The molecule has 4 rings (SSSR count). The standard InChI is InChI=1S/C33H48FN3O5S/c1-12-23-21(3)37(30(39)42-32(7,8)9)27-24(23)17-20(2)36(19-33(10,11)34)28(27)25-13-14-26(43-25)40-22-15-16-35(18-22)29(38)41-31(4,5)6/h12-14,20,22,28H,1,15-19H2,2-11H3/t20-,22+,28-/m1/s1. The minimum Gasteiger partial charge on any atom is -0.479 e. The molecule has 0 N–H and O–H groups in total. The number of likely N-dealkylation sites (tertiary alicyclic amines) is 1. The lowest BCUT2D eigenvalue weighted by molar-refractivity contribution is 0.0275. The van der Waals surface area contributed by atoms with Crippen molar-refractivity contribution in [3.8, 4) is 5.06 Å². The van der Waals surface area contributed by atoms with Gasteiger partial charge < -0.3 is 19.1 Å². The molecule has 0 radical (unpaired) electrons. The van der Waals surface area contributed by atoms with Crippen molar-refractivity contribution in [1.29, 1.82) is 0 Å². The van der Waals surface area contributed by atoms with Gasteiger partial charge in [0.05, 0.1) is 18.3 Å². The molecule has 0 unspecified atom stereocenters. The summed E-state index contributed by atoms with van der Waals surface area (Å²) < 4.78 is 34.7. The second-order valence-corrected chi connectivity index (χ2v) is 15.4. The van der Waals surface area contributed by atoms with Crippen LogP contribution in [-0.4, -0.2) is 75.2 Å². The van der Waals surface area contributed by atoms with Crippen LogP contribution < -0.4 is 4.74 Å². The SMILES string of the molecule is C=Cc1c2c(n(C(=O)OC(C)(C)C)c1C)[C@@H](c1ccc(O[C@H]3CCN(C(=O)OC(C)(C)C)C3)s1)N(CC(C)(C)F)[C@H](C)C2. The summed E-state index contributed by atoms with van der Waals surface area (Å²) in [6.45, 7) is 23.5. The highest BCUT2D eigenvalue weighted by atomic mass is 32.1. The Hall–Kier alpha value is -2.85. The molecule has 10 heteroatoms. The molecule has 2 aromatic heterocycles. The van der Waals surface area contributed by atoms with E-state index in [2.05, 4.69) is 18.4 Å². The fraction of sp³-hybridized carbons (Fsp3) is 0.636. The van der Waals surface area contributed by atoms with Gasteiger partial charge in [-0.1, -0.05) is 12.7 Å². The highest BCUT2D eigenvalue weighted by molar-refractivity contribution is 7.13. The molecule has 2 aliphatic heterocycles. The summed E-state index contributed by atoms with van der Waals surface area (Å²) in [6, 6.07) is 3.53. The van der Waals surface area contributed by atoms with Crippen molar-refractivity contribution >= 4 is 29.6 Å². The first kappa shape index (κ1) is 33.1. The summed E-state index contributed by atoms with van der Waals surface area (Å²) >= 11 is 1.49. The van der Waals surface area contributed by atoms with Crippen molar-refractivity contribution in [1.82, 2.24) is 14.4 Å². The third-order valence-electron chi connectivity index (χ3n) is 7.55. The maximum absolute atomic E-state index is 15.3. The summed E-state index contributed by atoms with van der Waals surface area (Å²) in [7, 11) is 0. The summed E-state index contributed by atoms with van der Waals surface area (Å²) in [5.41, 5.74) is 0.779. The molecule has 2 aromatic rings. The number of carbonyl (C=O) groups excluding carboxylic acids is 2. The fourth-order valence-corrected chi connectivity index (χ4v) is 6.98. The zero-order valence-electron chi connectivity index (χ0n) is 27.4. The van der Waals surface area contributed by atoms with Gasteiger partial charge in [-0.05, 0) is 98.9 Å². The number of nitrogens with zero attached hydrogens (tertiary/aromatic N) is 3. The molecule has 43 heavy (non-hydrogen) atoms. The molecule has 238 valence electrons. The average Bonchev–Trinajstić information content (AvgIpc) is 3.55. The Morgan fingerprint density at radius 3 is 2.28 bits per heavy atom. The Kier molecular flexibility index (Phi) is 9.16. The second-order valence-electron chi connectivity index (χ2n) is 14.3. The van der Waals surface area contributed by atoms with Gasteiger partial charge in [-0.2, -0.15) is 0 Å². The van der Waals surface area contributed by atoms with Crippen molar-refractivity contribution in [3.63, 3.8) is 0 Å². The van der Waals surface area contributed by atoms with Crippen molar-refractivity contribution in [2.24, 2.45) is 0 Å². The van der Waals surface area contributed by atoms with E-state index in [1.807, 2.05) is 60.6 Å². The third-order valence-corrected chi connectivity index (χ3v) is 8.58. The number of halogens is 1. The number of amides is 1. The molecule has 2 aliphatic rings. The van der Waals surface area contributed by atoms with Crippen LogP contribution in [0.4, 0.5) is 14.0 Å². The third kappa shape index (κ3) is 7.63. The molecule has 0 aliphatic carbocycles. The van der Waals surface area contributed by atoms with E-state index in [1.165, 1.54) is 11.3 Å². The van der Waals surface area contributed by atoms with Crippen LogP contribution in [0.15, 0.2) is 18.7 Å². The molecule has 0 bridgehead atoms. The number of ether oxygens (including phenoxy) is 3. The Balaban J connectivity index is 1.71. The lowest BCUT2D eigenvalue weighted by Gasteiger charge is -2.43. The molecular weight excluding hydrogens is 569 g/mol. The molecule has 3 atom stereocenters. The highest BCUT2D eigenvalue weighted by Gasteiger charge is 2.43. The van der Waals surface area contributed by atoms with Crippen LogP contribution in [0.1, 0.15) is 102 Å². The van der Waals surface area contributed by atoms with Gasteiger partial charge in [0.2, 0.25) is 0 Å². The first-order chi connectivity index (χ1) is 19.8. The number of carbonyl (C=O) groups is 2. The van der Waals surface area contributed by atoms with E-state index in [4.69, 9.17) is 14.2 Å². The van der Waals surface area contributed by atoms with E-state index in [0.717, 1.165) is 27.4 Å². The van der Waals surface area contributed by atoms with E-state index < -0.39 is 29.0 Å². The largest absolute Gasteiger partial charge is 0.479 e. The average molecular weight is 618 g/mol. The lowest BCUT2D eigenvalue weighted by atomic mass is 9.89. The van der Waals surface area contributed by atoms with E-state index in [-0.39, 0.29) is 24.8 Å². The fourth-order valence-electron chi connectivity index (χ4n) is 5.94. The lowest BCUT2D eigenvalue weighted by Crippen LogP contribution is -2.48. The maximum Gasteiger partial charge on any atom is 0.419 e. The summed E-state index contributed by atoms with van der Waals surface area (Å²) in [6.07, 6.45) is 2.18. The topological polar surface area (TPSA) is 73.2 Å². The summed E-state index contributed by atoms with van der Waals surface area (Å²) in [4.78, 5) is 31.0. The number of rotatable bonds is 6. The molecule has 8 nitrogen and oxygen atoms in total. The Bertz CT molecular complexity index is 1360. The number of hydrogen-bond donors (Lipinski definition) is 0. The first-order valence-electron chi connectivity index (χ1n) is 15.1. The zero-order chi connectivity index (χ0) is 32.1. The van der Waals surface area contributed by atoms with E-state index in [9.17, 15) is 9.59 Å². The minimum atomic E-state index is -1.46. The predicted molar refractivity (Wildman–Crippen MR) is 169 cm³/mol. The van der Waals surface area contributed by atoms with Gasteiger partial charge in [0, 0.05) is 36.1 Å².